The molecule has 12 heavy (non-hydrogen) atoms. The van der Waals surface area contributed by atoms with Crippen LogP contribution in [0.15, 0.2) is 0 Å². The van der Waals surface area contributed by atoms with Crippen LogP contribution in [0.1, 0.15) is 0 Å². The summed E-state index contributed by atoms with van der Waals surface area (Å²) in [4.78, 5) is 20.7. The fraction of sp³-hybridized carbons (Fsp3) is 0.667. The van der Waals surface area contributed by atoms with E-state index in [1.165, 1.54) is 7.11 Å². The lowest BCUT2D eigenvalue weighted by molar-refractivity contribution is -0.139. The molecule has 0 aliphatic rings. The van der Waals surface area contributed by atoms with Gasteiger partial charge in [0.15, 0.2) is 0 Å². The zero-order valence-electron chi connectivity index (χ0n) is 6.92. The van der Waals surface area contributed by atoms with Crippen molar-refractivity contribution in [3.05, 3.63) is 0 Å². The Morgan fingerprint density at radius 3 is 2.58 bits per heavy atom. The highest BCUT2D eigenvalue weighted by molar-refractivity contribution is 5.72. The average Bonchev–Trinajstić information content (AvgIpc) is 2.03. The maximum atomic E-state index is 10.5. The zero-order chi connectivity index (χ0) is 9.40. The molecule has 6 nitrogen and oxygen atoms in total. The second kappa shape index (κ2) is 6.41. The number of carbonyl (C=O) groups excluding carboxylic acids is 2. The lowest BCUT2D eigenvalue weighted by atomic mass is 10.5. The summed E-state index contributed by atoms with van der Waals surface area (Å²) in [5.41, 5.74) is 4.79. The van der Waals surface area contributed by atoms with Crippen LogP contribution in [0.2, 0.25) is 0 Å². The van der Waals surface area contributed by atoms with E-state index >= 15 is 0 Å². The van der Waals surface area contributed by atoms with Crippen LogP contribution in [0, 0.1) is 0 Å². The summed E-state index contributed by atoms with van der Waals surface area (Å²) in [7, 11) is 1.31. The number of carbonyl (C=O) groups is 2. The molecule has 0 aromatic heterocycles. The molecule has 0 aromatic carbocycles. The maximum absolute atomic E-state index is 10.5. The van der Waals surface area contributed by atoms with Crippen molar-refractivity contribution in [2.45, 2.75) is 0 Å². The molecule has 70 valence electrons. The number of rotatable bonds is 5. The van der Waals surface area contributed by atoms with Gasteiger partial charge in [-0.3, -0.25) is 4.79 Å². The quantitative estimate of drug-likeness (QED) is 0.347. The standard InChI is InChI=1S/C6H13N3O3/c1-12-5(10)4-8-2-3-9-6(7)11/h8H,2-4H2,1H3,(H3,7,9,11). The highest BCUT2D eigenvalue weighted by atomic mass is 16.5. The summed E-state index contributed by atoms with van der Waals surface area (Å²) in [5.74, 6) is -0.339. The van der Waals surface area contributed by atoms with Gasteiger partial charge in [-0.05, 0) is 0 Å². The van der Waals surface area contributed by atoms with Crippen LogP contribution in [-0.2, 0) is 9.53 Å². The fourth-order valence-corrected chi connectivity index (χ4v) is 0.537. The highest BCUT2D eigenvalue weighted by Crippen LogP contribution is 1.68. The van der Waals surface area contributed by atoms with Crippen LogP contribution >= 0.6 is 0 Å². The molecule has 0 heterocycles. The van der Waals surface area contributed by atoms with Crippen molar-refractivity contribution in [2.75, 3.05) is 26.7 Å². The van der Waals surface area contributed by atoms with Gasteiger partial charge in [0.2, 0.25) is 0 Å². The minimum Gasteiger partial charge on any atom is -0.468 e. The summed E-state index contributed by atoms with van der Waals surface area (Å²) in [6.07, 6.45) is 0. The summed E-state index contributed by atoms with van der Waals surface area (Å²) in [6.45, 7) is 1.02. The van der Waals surface area contributed by atoms with E-state index in [1.54, 1.807) is 0 Å². The molecule has 0 unspecified atom stereocenters. The largest absolute Gasteiger partial charge is 0.468 e. The summed E-state index contributed by atoms with van der Waals surface area (Å²) < 4.78 is 4.36. The molecule has 6 heteroatoms. The third-order valence-electron chi connectivity index (χ3n) is 1.10. The summed E-state index contributed by atoms with van der Waals surface area (Å²) in [5, 5.41) is 5.11. The maximum Gasteiger partial charge on any atom is 0.319 e. The molecule has 0 bridgehead atoms. The number of nitrogens with one attached hydrogen (secondary N) is 2. The van der Waals surface area contributed by atoms with Crippen molar-refractivity contribution < 1.29 is 14.3 Å². The Balaban J connectivity index is 3.11. The number of esters is 1. The average molecular weight is 175 g/mol. The van der Waals surface area contributed by atoms with Crippen LogP contribution in [0.4, 0.5) is 4.79 Å². The minimum atomic E-state index is -0.574. The Labute approximate surface area is 70.4 Å². The number of ether oxygens (including phenoxy) is 1. The Morgan fingerprint density at radius 2 is 2.08 bits per heavy atom. The smallest absolute Gasteiger partial charge is 0.319 e. The van der Waals surface area contributed by atoms with E-state index in [2.05, 4.69) is 15.4 Å². The van der Waals surface area contributed by atoms with E-state index in [0.717, 1.165) is 0 Å². The van der Waals surface area contributed by atoms with E-state index < -0.39 is 6.03 Å². The number of hydrogen-bond acceptors (Lipinski definition) is 4. The molecule has 0 rings (SSSR count). The highest BCUT2D eigenvalue weighted by Gasteiger charge is 1.97. The second-order valence-electron chi connectivity index (χ2n) is 2.04. The van der Waals surface area contributed by atoms with Crippen LogP contribution in [-0.4, -0.2) is 38.7 Å². The zero-order valence-corrected chi connectivity index (χ0v) is 6.92. The van der Waals surface area contributed by atoms with Gasteiger partial charge in [0.25, 0.3) is 0 Å². The van der Waals surface area contributed by atoms with Crippen molar-refractivity contribution in [3.8, 4) is 0 Å². The number of methoxy groups -OCH3 is 1. The van der Waals surface area contributed by atoms with Crippen molar-refractivity contribution in [2.24, 2.45) is 5.73 Å². The van der Waals surface area contributed by atoms with E-state index in [9.17, 15) is 9.59 Å². The Morgan fingerprint density at radius 1 is 1.42 bits per heavy atom. The lowest BCUT2D eigenvalue weighted by Gasteiger charge is -2.02. The third-order valence-corrected chi connectivity index (χ3v) is 1.10. The van der Waals surface area contributed by atoms with Gasteiger partial charge in [-0.1, -0.05) is 0 Å². The molecule has 0 saturated carbocycles. The van der Waals surface area contributed by atoms with Crippen molar-refractivity contribution in [1.29, 1.82) is 0 Å². The van der Waals surface area contributed by atoms with Gasteiger partial charge in [0, 0.05) is 13.1 Å². The van der Waals surface area contributed by atoms with Gasteiger partial charge in [0.1, 0.15) is 0 Å². The molecule has 0 radical (unpaired) electrons. The minimum absolute atomic E-state index is 0.136. The molecule has 0 aliphatic carbocycles. The van der Waals surface area contributed by atoms with Gasteiger partial charge in [-0.2, -0.15) is 0 Å². The van der Waals surface area contributed by atoms with Crippen molar-refractivity contribution >= 4 is 12.0 Å². The van der Waals surface area contributed by atoms with Gasteiger partial charge in [-0.25, -0.2) is 4.79 Å². The third kappa shape index (κ3) is 6.81. The summed E-state index contributed by atoms with van der Waals surface area (Å²) >= 11 is 0. The van der Waals surface area contributed by atoms with Gasteiger partial charge < -0.3 is 21.1 Å². The monoisotopic (exact) mass is 175 g/mol. The van der Waals surface area contributed by atoms with E-state index in [0.29, 0.717) is 13.1 Å². The molecule has 2 amide bonds. The number of primary amides is 1. The predicted molar refractivity (Wildman–Crippen MR) is 42.5 cm³/mol. The normalized spacial score (nSPS) is 9.08. The first-order valence-electron chi connectivity index (χ1n) is 3.47. The molecule has 0 fully saturated rings. The van der Waals surface area contributed by atoms with Crippen LogP contribution in [0.3, 0.4) is 0 Å². The molecule has 0 atom stereocenters. The molecule has 0 spiro atoms. The molecule has 0 aliphatic heterocycles. The molecular weight excluding hydrogens is 162 g/mol. The van der Waals surface area contributed by atoms with Crippen molar-refractivity contribution in [3.63, 3.8) is 0 Å². The van der Waals surface area contributed by atoms with Crippen molar-refractivity contribution in [1.82, 2.24) is 10.6 Å². The van der Waals surface area contributed by atoms with E-state index in [1.807, 2.05) is 0 Å². The molecular formula is C6H13N3O3. The topological polar surface area (TPSA) is 93.4 Å². The van der Waals surface area contributed by atoms with Crippen LogP contribution in [0.25, 0.3) is 0 Å². The molecule has 4 N–H and O–H groups in total. The fourth-order valence-electron chi connectivity index (χ4n) is 0.537. The number of urea groups is 1. The SMILES string of the molecule is COC(=O)CNCCNC(N)=O. The molecule has 0 aromatic rings. The van der Waals surface area contributed by atoms with Gasteiger partial charge >= 0.3 is 12.0 Å². The first-order valence-corrected chi connectivity index (χ1v) is 3.47. The predicted octanol–water partition coefficient (Wildman–Crippen LogP) is -1.58. The Kier molecular flexibility index (Phi) is 5.72. The summed E-state index contributed by atoms with van der Waals surface area (Å²) in [6, 6.07) is -0.574. The van der Waals surface area contributed by atoms with Gasteiger partial charge in [0.05, 0.1) is 13.7 Å². The second-order valence-corrected chi connectivity index (χ2v) is 2.04. The van der Waals surface area contributed by atoms with E-state index in [4.69, 9.17) is 5.73 Å². The first kappa shape index (κ1) is 10.7. The van der Waals surface area contributed by atoms with Crippen LogP contribution < -0.4 is 16.4 Å². The number of nitrogens with two attached hydrogens (primary N) is 1. The number of amides is 2. The first-order chi connectivity index (χ1) is 5.66. The lowest BCUT2D eigenvalue weighted by Crippen LogP contribution is -2.36. The van der Waals surface area contributed by atoms with Gasteiger partial charge in [-0.15, -0.1) is 0 Å². The Bertz CT molecular complexity index is 160. The molecule has 0 saturated heterocycles. The van der Waals surface area contributed by atoms with E-state index in [-0.39, 0.29) is 12.5 Å². The van der Waals surface area contributed by atoms with Crippen LogP contribution in [0.5, 0.6) is 0 Å². The Hall–Kier alpha value is -1.30. The number of hydrogen-bond donors (Lipinski definition) is 3.